The number of benzene rings is 2. The Morgan fingerprint density at radius 2 is 1.72 bits per heavy atom. The van der Waals surface area contributed by atoms with Crippen molar-refractivity contribution in [2.24, 2.45) is 5.41 Å². The summed E-state index contributed by atoms with van der Waals surface area (Å²) in [5, 5.41) is 14.2. The minimum atomic E-state index is -4.36. The fraction of sp³-hybridized carbons (Fsp3) is 0.368. The summed E-state index contributed by atoms with van der Waals surface area (Å²) in [5.74, 6) is 0.642. The van der Waals surface area contributed by atoms with E-state index in [1.165, 1.54) is 12.1 Å². The lowest BCUT2D eigenvalue weighted by atomic mass is 9.70. The van der Waals surface area contributed by atoms with Gasteiger partial charge in [-0.15, -0.1) is 0 Å². The van der Waals surface area contributed by atoms with Gasteiger partial charge in [0, 0.05) is 16.7 Å². The van der Waals surface area contributed by atoms with Crippen LogP contribution in [0.25, 0.3) is 0 Å². The van der Waals surface area contributed by atoms with Gasteiger partial charge in [0.1, 0.15) is 5.75 Å². The van der Waals surface area contributed by atoms with E-state index in [0.717, 1.165) is 17.8 Å². The first-order valence-electron chi connectivity index (χ1n) is 7.94. The molecule has 3 nitrogen and oxygen atoms in total. The Labute approximate surface area is 144 Å². The minimum absolute atomic E-state index is 0.328. The molecule has 1 aliphatic rings. The molecule has 3 rings (SSSR count). The minimum Gasteiger partial charge on any atom is -0.497 e. The molecule has 0 fully saturated rings. The molecule has 0 saturated heterocycles. The molecule has 2 unspecified atom stereocenters. The van der Waals surface area contributed by atoms with Gasteiger partial charge in [-0.05, 0) is 35.9 Å². The molecule has 2 aromatic rings. The van der Waals surface area contributed by atoms with Crippen molar-refractivity contribution < 1.29 is 23.0 Å². The molecular formula is C19H20F3NO2. The molecule has 0 spiro atoms. The highest BCUT2D eigenvalue weighted by atomic mass is 19.4. The first-order valence-corrected chi connectivity index (χ1v) is 7.94. The quantitative estimate of drug-likeness (QED) is 0.805. The summed E-state index contributed by atoms with van der Waals surface area (Å²) in [7, 11) is 1.56. The van der Waals surface area contributed by atoms with Gasteiger partial charge in [-0.3, -0.25) is 0 Å². The molecule has 6 heteroatoms. The maximum atomic E-state index is 12.8. The Balaban J connectivity index is 1.99. The third-order valence-corrected chi connectivity index (χ3v) is 4.87. The van der Waals surface area contributed by atoms with E-state index in [-0.39, 0.29) is 6.04 Å². The maximum Gasteiger partial charge on any atom is 0.416 e. The van der Waals surface area contributed by atoms with Crippen LogP contribution in [0, 0.1) is 5.41 Å². The van der Waals surface area contributed by atoms with E-state index in [2.05, 4.69) is 5.32 Å². The van der Waals surface area contributed by atoms with Gasteiger partial charge in [0.15, 0.2) is 0 Å². The van der Waals surface area contributed by atoms with Crippen molar-refractivity contribution in [3.63, 3.8) is 0 Å². The van der Waals surface area contributed by atoms with Gasteiger partial charge in [-0.1, -0.05) is 26.0 Å². The molecule has 1 aliphatic heterocycles. The van der Waals surface area contributed by atoms with Gasteiger partial charge in [-0.25, -0.2) is 0 Å². The van der Waals surface area contributed by atoms with Gasteiger partial charge in [0.25, 0.3) is 0 Å². The molecular weight excluding hydrogens is 331 g/mol. The third kappa shape index (κ3) is 3.06. The predicted octanol–water partition coefficient (Wildman–Crippen LogP) is 4.94. The topological polar surface area (TPSA) is 41.5 Å². The van der Waals surface area contributed by atoms with Crippen LogP contribution in [0.3, 0.4) is 0 Å². The Kier molecular flexibility index (Phi) is 4.19. The standard InChI is InChI=1S/C19H20F3NO2/c1-18(2)16(11-4-6-12(7-5-11)19(20,21)22)23-15-9-8-13(25-3)10-14(15)17(18)24/h4-10,16-17,23-24H,1-3H3. The fourth-order valence-electron chi connectivity index (χ4n) is 3.30. The van der Waals surface area contributed by atoms with E-state index in [9.17, 15) is 18.3 Å². The number of rotatable bonds is 2. The molecule has 2 N–H and O–H groups in total. The zero-order valence-electron chi connectivity index (χ0n) is 14.2. The summed E-state index contributed by atoms with van der Waals surface area (Å²) in [6, 6.07) is 10.1. The van der Waals surface area contributed by atoms with Crippen molar-refractivity contribution in [1.82, 2.24) is 0 Å². The second-order valence-electron chi connectivity index (χ2n) is 6.87. The highest BCUT2D eigenvalue weighted by Crippen LogP contribution is 2.52. The van der Waals surface area contributed by atoms with Crippen molar-refractivity contribution in [3.8, 4) is 5.75 Å². The van der Waals surface area contributed by atoms with E-state index >= 15 is 0 Å². The summed E-state index contributed by atoms with van der Waals surface area (Å²) in [6.07, 6.45) is -5.15. The average Bonchev–Trinajstić information content (AvgIpc) is 2.57. The number of fused-ring (bicyclic) bond motifs is 1. The number of ether oxygens (including phenoxy) is 1. The zero-order chi connectivity index (χ0) is 18.4. The Bertz CT molecular complexity index is 769. The molecule has 0 amide bonds. The van der Waals surface area contributed by atoms with Crippen molar-refractivity contribution >= 4 is 5.69 Å². The molecule has 0 aliphatic carbocycles. The van der Waals surface area contributed by atoms with E-state index in [0.29, 0.717) is 16.9 Å². The van der Waals surface area contributed by atoms with Gasteiger partial charge in [-0.2, -0.15) is 13.2 Å². The second-order valence-corrected chi connectivity index (χ2v) is 6.87. The molecule has 0 bridgehead atoms. The third-order valence-electron chi connectivity index (χ3n) is 4.87. The Morgan fingerprint density at radius 1 is 1.08 bits per heavy atom. The van der Waals surface area contributed by atoms with Crippen LogP contribution in [0.4, 0.5) is 18.9 Å². The fourth-order valence-corrected chi connectivity index (χ4v) is 3.30. The Hall–Kier alpha value is -2.21. The molecule has 2 atom stereocenters. The Morgan fingerprint density at radius 3 is 2.28 bits per heavy atom. The lowest BCUT2D eigenvalue weighted by molar-refractivity contribution is -0.137. The molecule has 0 aromatic heterocycles. The molecule has 134 valence electrons. The molecule has 2 aromatic carbocycles. The van der Waals surface area contributed by atoms with Gasteiger partial charge < -0.3 is 15.2 Å². The monoisotopic (exact) mass is 351 g/mol. The van der Waals surface area contributed by atoms with E-state index in [4.69, 9.17) is 4.74 Å². The van der Waals surface area contributed by atoms with Crippen LogP contribution in [0.15, 0.2) is 42.5 Å². The van der Waals surface area contributed by atoms with E-state index in [1.807, 2.05) is 19.9 Å². The lowest BCUT2D eigenvalue weighted by Crippen LogP contribution is -2.38. The second kappa shape index (κ2) is 5.95. The number of aliphatic hydroxyl groups is 1. The van der Waals surface area contributed by atoms with Crippen LogP contribution in [-0.4, -0.2) is 12.2 Å². The van der Waals surface area contributed by atoms with Crippen molar-refractivity contribution in [3.05, 3.63) is 59.2 Å². The normalized spacial score (nSPS) is 22.0. The van der Waals surface area contributed by atoms with Crippen LogP contribution in [0.2, 0.25) is 0 Å². The zero-order valence-corrected chi connectivity index (χ0v) is 14.2. The molecule has 1 heterocycles. The summed E-state index contributed by atoms with van der Waals surface area (Å²) in [6.45, 7) is 3.77. The van der Waals surface area contributed by atoms with Crippen molar-refractivity contribution in [2.45, 2.75) is 32.2 Å². The van der Waals surface area contributed by atoms with E-state index in [1.54, 1.807) is 19.2 Å². The van der Waals surface area contributed by atoms with E-state index < -0.39 is 23.3 Å². The number of hydrogen-bond donors (Lipinski definition) is 2. The smallest absolute Gasteiger partial charge is 0.416 e. The first-order chi connectivity index (χ1) is 11.6. The van der Waals surface area contributed by atoms with Gasteiger partial charge >= 0.3 is 6.18 Å². The number of anilines is 1. The van der Waals surface area contributed by atoms with Crippen molar-refractivity contribution in [1.29, 1.82) is 0 Å². The number of hydrogen-bond acceptors (Lipinski definition) is 3. The highest BCUT2D eigenvalue weighted by Gasteiger charge is 2.43. The predicted molar refractivity (Wildman–Crippen MR) is 89.5 cm³/mol. The largest absolute Gasteiger partial charge is 0.497 e. The number of halogens is 3. The van der Waals surface area contributed by atoms with Gasteiger partial charge in [0.2, 0.25) is 0 Å². The number of aliphatic hydroxyl groups excluding tert-OH is 1. The van der Waals surface area contributed by atoms with Crippen LogP contribution < -0.4 is 10.1 Å². The van der Waals surface area contributed by atoms with Crippen LogP contribution in [-0.2, 0) is 6.18 Å². The molecule has 0 saturated carbocycles. The lowest BCUT2D eigenvalue weighted by Gasteiger charge is -2.45. The summed E-state index contributed by atoms with van der Waals surface area (Å²) >= 11 is 0. The number of alkyl halides is 3. The van der Waals surface area contributed by atoms with Crippen LogP contribution >= 0.6 is 0 Å². The molecule has 25 heavy (non-hydrogen) atoms. The maximum absolute atomic E-state index is 12.8. The van der Waals surface area contributed by atoms with Crippen LogP contribution in [0.1, 0.15) is 42.7 Å². The summed E-state index contributed by atoms with van der Waals surface area (Å²) in [4.78, 5) is 0. The highest BCUT2D eigenvalue weighted by molar-refractivity contribution is 5.60. The van der Waals surface area contributed by atoms with Crippen molar-refractivity contribution in [2.75, 3.05) is 12.4 Å². The van der Waals surface area contributed by atoms with Crippen LogP contribution in [0.5, 0.6) is 5.75 Å². The number of methoxy groups -OCH3 is 1. The average molecular weight is 351 g/mol. The molecule has 0 radical (unpaired) electrons. The summed E-state index contributed by atoms with van der Waals surface area (Å²) in [5.41, 5.74) is 0.846. The summed E-state index contributed by atoms with van der Waals surface area (Å²) < 4.78 is 43.5. The SMILES string of the molecule is COc1ccc2c(c1)C(O)C(C)(C)C(c1ccc(C(F)(F)F)cc1)N2. The number of nitrogens with one attached hydrogen (secondary N) is 1. The first kappa shape index (κ1) is 17.6. The van der Waals surface area contributed by atoms with Gasteiger partial charge in [0.05, 0.1) is 24.8 Å².